The molecule has 1 heterocycles. The van der Waals surface area contributed by atoms with Gasteiger partial charge in [-0.2, -0.15) is 0 Å². The second-order valence-corrected chi connectivity index (χ2v) is 5.46. The molecule has 2 aromatic carbocycles. The molecule has 1 amide bonds. The molecule has 3 nitrogen and oxygen atoms in total. The first-order valence-electron chi connectivity index (χ1n) is 7.56. The molecule has 0 aliphatic heterocycles. The summed E-state index contributed by atoms with van der Waals surface area (Å²) in [5, 5.41) is 0. The van der Waals surface area contributed by atoms with E-state index in [1.807, 2.05) is 73.7 Å². The van der Waals surface area contributed by atoms with Crippen LogP contribution < -0.4 is 4.90 Å². The lowest BCUT2D eigenvalue weighted by atomic mass is 10.1. The lowest BCUT2D eigenvalue weighted by Crippen LogP contribution is -2.30. The quantitative estimate of drug-likeness (QED) is 0.722. The van der Waals surface area contributed by atoms with Gasteiger partial charge >= 0.3 is 0 Å². The Hall–Kier alpha value is -2.94. The van der Waals surface area contributed by atoms with Crippen molar-refractivity contribution in [1.29, 1.82) is 0 Å². The molecule has 0 bridgehead atoms. The molecule has 0 fully saturated rings. The molecule has 114 valence electrons. The molecule has 1 aromatic heterocycles. The molecular formula is C20H18N2O. The number of para-hydroxylation sites is 1. The third kappa shape index (κ3) is 3.64. The number of pyridine rings is 1. The molecule has 3 aromatic rings. The van der Waals surface area contributed by atoms with E-state index in [1.165, 1.54) is 0 Å². The SMILES string of the molecule is Cc1cccc(C(=O)N(Cc2cccnc2)c2ccccc2)c1. The summed E-state index contributed by atoms with van der Waals surface area (Å²) in [6, 6.07) is 21.3. The van der Waals surface area contributed by atoms with Gasteiger partial charge in [0.15, 0.2) is 0 Å². The van der Waals surface area contributed by atoms with E-state index in [0.717, 1.165) is 16.8 Å². The maximum Gasteiger partial charge on any atom is 0.258 e. The van der Waals surface area contributed by atoms with E-state index < -0.39 is 0 Å². The first-order valence-corrected chi connectivity index (χ1v) is 7.56. The molecule has 0 saturated carbocycles. The van der Waals surface area contributed by atoms with E-state index in [-0.39, 0.29) is 5.91 Å². The smallest absolute Gasteiger partial charge is 0.258 e. The minimum Gasteiger partial charge on any atom is -0.304 e. The summed E-state index contributed by atoms with van der Waals surface area (Å²) < 4.78 is 0. The van der Waals surface area contributed by atoms with Crippen molar-refractivity contribution in [1.82, 2.24) is 4.98 Å². The lowest BCUT2D eigenvalue weighted by molar-refractivity contribution is 0.0985. The summed E-state index contributed by atoms with van der Waals surface area (Å²) in [7, 11) is 0. The van der Waals surface area contributed by atoms with E-state index in [0.29, 0.717) is 12.1 Å². The van der Waals surface area contributed by atoms with Gasteiger partial charge in [0.2, 0.25) is 0 Å². The number of aromatic nitrogens is 1. The van der Waals surface area contributed by atoms with Crippen molar-refractivity contribution in [3.63, 3.8) is 0 Å². The number of rotatable bonds is 4. The maximum atomic E-state index is 13.0. The zero-order valence-electron chi connectivity index (χ0n) is 13.0. The van der Waals surface area contributed by atoms with Crippen molar-refractivity contribution in [2.45, 2.75) is 13.5 Å². The van der Waals surface area contributed by atoms with Crippen LogP contribution in [0, 0.1) is 6.92 Å². The van der Waals surface area contributed by atoms with E-state index in [2.05, 4.69) is 4.98 Å². The Bertz CT molecular complexity index is 785. The average Bonchev–Trinajstić information content (AvgIpc) is 2.61. The van der Waals surface area contributed by atoms with Crippen molar-refractivity contribution < 1.29 is 4.79 Å². The number of hydrogen-bond acceptors (Lipinski definition) is 2. The molecule has 3 heteroatoms. The molecule has 0 atom stereocenters. The Morgan fingerprint density at radius 1 is 1.00 bits per heavy atom. The lowest BCUT2D eigenvalue weighted by Gasteiger charge is -2.23. The fourth-order valence-electron chi connectivity index (χ4n) is 2.50. The van der Waals surface area contributed by atoms with E-state index in [9.17, 15) is 4.79 Å². The summed E-state index contributed by atoms with van der Waals surface area (Å²) in [5.41, 5.74) is 3.64. The molecule has 0 aliphatic rings. The van der Waals surface area contributed by atoms with Crippen molar-refractivity contribution in [3.05, 3.63) is 95.8 Å². The second-order valence-electron chi connectivity index (χ2n) is 5.46. The van der Waals surface area contributed by atoms with Crippen LogP contribution in [0.2, 0.25) is 0 Å². The van der Waals surface area contributed by atoms with Crippen molar-refractivity contribution in [2.75, 3.05) is 4.90 Å². The van der Waals surface area contributed by atoms with Gasteiger partial charge in [0.25, 0.3) is 5.91 Å². The average molecular weight is 302 g/mol. The monoisotopic (exact) mass is 302 g/mol. The van der Waals surface area contributed by atoms with Crippen LogP contribution in [0.25, 0.3) is 0 Å². The highest BCUT2D eigenvalue weighted by Gasteiger charge is 2.18. The molecule has 23 heavy (non-hydrogen) atoms. The normalized spacial score (nSPS) is 10.3. The predicted octanol–water partition coefficient (Wildman–Crippen LogP) is 4.24. The van der Waals surface area contributed by atoms with Gasteiger partial charge in [-0.05, 0) is 42.8 Å². The topological polar surface area (TPSA) is 33.2 Å². The number of carbonyl (C=O) groups excluding carboxylic acids is 1. The molecule has 0 radical (unpaired) electrons. The number of carbonyl (C=O) groups is 1. The molecule has 0 saturated heterocycles. The van der Waals surface area contributed by atoms with Gasteiger partial charge in [0, 0.05) is 23.6 Å². The molecule has 0 aliphatic carbocycles. The van der Waals surface area contributed by atoms with Crippen LogP contribution in [0.15, 0.2) is 79.1 Å². The number of nitrogens with zero attached hydrogens (tertiary/aromatic N) is 2. The summed E-state index contributed by atoms with van der Waals surface area (Å²) in [4.78, 5) is 18.9. The summed E-state index contributed by atoms with van der Waals surface area (Å²) >= 11 is 0. The number of hydrogen-bond donors (Lipinski definition) is 0. The first-order chi connectivity index (χ1) is 11.2. The van der Waals surface area contributed by atoms with Crippen LogP contribution in [0.3, 0.4) is 0 Å². The fraction of sp³-hybridized carbons (Fsp3) is 0.100. The standard InChI is InChI=1S/C20H18N2O/c1-16-7-5-9-18(13-16)20(23)22(19-10-3-2-4-11-19)15-17-8-6-12-21-14-17/h2-14H,15H2,1H3. The maximum absolute atomic E-state index is 13.0. The molecule has 0 N–H and O–H groups in total. The Morgan fingerprint density at radius 2 is 1.83 bits per heavy atom. The first kappa shape index (κ1) is 15.0. The Labute approximate surface area is 136 Å². The van der Waals surface area contributed by atoms with Gasteiger partial charge in [-0.15, -0.1) is 0 Å². The van der Waals surface area contributed by atoms with Crippen LogP contribution in [0.4, 0.5) is 5.69 Å². The third-order valence-electron chi connectivity index (χ3n) is 3.64. The third-order valence-corrected chi connectivity index (χ3v) is 3.64. The zero-order valence-corrected chi connectivity index (χ0v) is 13.0. The van der Waals surface area contributed by atoms with Crippen molar-refractivity contribution >= 4 is 11.6 Å². The van der Waals surface area contributed by atoms with E-state index in [1.54, 1.807) is 17.3 Å². The molecule has 3 rings (SSSR count). The van der Waals surface area contributed by atoms with Crippen LogP contribution in [-0.4, -0.2) is 10.9 Å². The Morgan fingerprint density at radius 3 is 2.52 bits per heavy atom. The molecular weight excluding hydrogens is 284 g/mol. The second kappa shape index (κ2) is 6.88. The van der Waals surface area contributed by atoms with Gasteiger partial charge in [-0.1, -0.05) is 42.0 Å². The van der Waals surface area contributed by atoms with Gasteiger partial charge < -0.3 is 4.90 Å². The predicted molar refractivity (Wildman–Crippen MR) is 92.4 cm³/mol. The Kier molecular flexibility index (Phi) is 4.48. The summed E-state index contributed by atoms with van der Waals surface area (Å²) in [6.45, 7) is 2.48. The highest BCUT2D eigenvalue weighted by Crippen LogP contribution is 2.20. The van der Waals surface area contributed by atoms with Gasteiger partial charge in [0.1, 0.15) is 0 Å². The minimum atomic E-state index is -0.0104. The van der Waals surface area contributed by atoms with Crippen LogP contribution in [0.1, 0.15) is 21.5 Å². The number of benzene rings is 2. The Balaban J connectivity index is 1.96. The van der Waals surface area contributed by atoms with Gasteiger partial charge in [0.05, 0.1) is 6.54 Å². The number of anilines is 1. The zero-order chi connectivity index (χ0) is 16.1. The highest BCUT2D eigenvalue weighted by atomic mass is 16.2. The van der Waals surface area contributed by atoms with E-state index >= 15 is 0 Å². The molecule has 0 spiro atoms. The van der Waals surface area contributed by atoms with Crippen LogP contribution >= 0.6 is 0 Å². The van der Waals surface area contributed by atoms with Crippen LogP contribution in [-0.2, 0) is 6.54 Å². The highest BCUT2D eigenvalue weighted by molar-refractivity contribution is 6.06. The summed E-state index contributed by atoms with van der Waals surface area (Å²) in [5.74, 6) is -0.0104. The van der Waals surface area contributed by atoms with Crippen molar-refractivity contribution in [3.8, 4) is 0 Å². The summed E-state index contributed by atoms with van der Waals surface area (Å²) in [6.07, 6.45) is 3.53. The van der Waals surface area contributed by atoms with Gasteiger partial charge in [-0.25, -0.2) is 0 Å². The molecule has 0 unspecified atom stereocenters. The number of amides is 1. The van der Waals surface area contributed by atoms with E-state index in [4.69, 9.17) is 0 Å². The van der Waals surface area contributed by atoms with Gasteiger partial charge in [-0.3, -0.25) is 9.78 Å². The largest absolute Gasteiger partial charge is 0.304 e. The van der Waals surface area contributed by atoms with Crippen LogP contribution in [0.5, 0.6) is 0 Å². The van der Waals surface area contributed by atoms with Crippen molar-refractivity contribution in [2.24, 2.45) is 0 Å². The number of aryl methyl sites for hydroxylation is 1. The fourth-order valence-corrected chi connectivity index (χ4v) is 2.50. The minimum absolute atomic E-state index is 0.0104.